The molecule has 0 saturated carbocycles. The summed E-state index contributed by atoms with van der Waals surface area (Å²) in [6.45, 7) is 10.4. The summed E-state index contributed by atoms with van der Waals surface area (Å²) < 4.78 is 10.5. The second-order valence-corrected chi connectivity index (χ2v) is 10.2. The van der Waals surface area contributed by atoms with Crippen molar-refractivity contribution in [1.82, 2.24) is 0 Å². The van der Waals surface area contributed by atoms with Gasteiger partial charge in [-0.15, -0.1) is 0 Å². The van der Waals surface area contributed by atoms with E-state index in [2.05, 4.69) is 38.6 Å². The average molecular weight is 258 g/mol. The van der Waals surface area contributed by atoms with Crippen LogP contribution in [0.4, 0.5) is 0 Å². The van der Waals surface area contributed by atoms with Crippen LogP contribution >= 0.6 is 0 Å². The molecule has 0 spiro atoms. The third-order valence-electron chi connectivity index (χ3n) is 3.10. The maximum absolute atomic E-state index is 11.2. The molecule has 0 aliphatic carbocycles. The molecule has 0 aromatic carbocycles. The molecule has 0 amide bonds. The molecule has 0 fully saturated rings. The number of esters is 1. The van der Waals surface area contributed by atoms with E-state index in [1.807, 2.05) is 0 Å². The minimum atomic E-state index is -2.00. The van der Waals surface area contributed by atoms with Gasteiger partial charge in [0.25, 0.3) is 0 Å². The monoisotopic (exact) mass is 258 g/mol. The van der Waals surface area contributed by atoms with Crippen LogP contribution in [0, 0.1) is 0 Å². The van der Waals surface area contributed by atoms with E-state index in [1.165, 1.54) is 13.2 Å². The number of carbonyl (C=O) groups is 1. The summed E-state index contributed by atoms with van der Waals surface area (Å²) in [6, 6.07) is 0. The maximum Gasteiger partial charge on any atom is 0.308 e. The average Bonchev–Trinajstić information content (AvgIpc) is 2.15. The zero-order chi connectivity index (χ0) is 13.7. The van der Waals surface area contributed by atoms with Crippen molar-refractivity contribution in [3.63, 3.8) is 0 Å². The number of rotatable bonds is 5. The fourth-order valence-electron chi connectivity index (χ4n) is 1.01. The molecule has 4 nitrogen and oxygen atoms in total. The van der Waals surface area contributed by atoms with Gasteiger partial charge in [-0.2, -0.15) is 0 Å². The number of hydrogen-bond acceptors (Lipinski definition) is 4. The van der Waals surface area contributed by atoms with Crippen LogP contribution < -0.4 is 0 Å². The third kappa shape index (κ3) is 5.30. The highest BCUT2D eigenvalue weighted by Crippen LogP contribution is 2.37. The van der Waals surface area contributed by atoms with Crippen LogP contribution in [0.2, 0.25) is 18.1 Å². The molecular weight excluding hydrogens is 236 g/mol. The van der Waals surface area contributed by atoms with Gasteiger partial charge < -0.3 is 9.16 Å². The van der Waals surface area contributed by atoms with E-state index in [9.17, 15) is 9.59 Å². The lowest BCUT2D eigenvalue weighted by Crippen LogP contribution is -2.44. The molecule has 0 rings (SSSR count). The Balaban J connectivity index is 4.77. The second-order valence-electron chi connectivity index (χ2n) is 5.48. The highest BCUT2D eigenvalue weighted by molar-refractivity contribution is 6.74. The van der Waals surface area contributed by atoms with E-state index in [-0.39, 0.29) is 17.4 Å². The van der Waals surface area contributed by atoms with Gasteiger partial charge in [0, 0.05) is 6.08 Å². The summed E-state index contributed by atoms with van der Waals surface area (Å²) in [5.41, 5.74) is 0. The smallest absolute Gasteiger partial charge is 0.308 e. The molecule has 0 aromatic heterocycles. The number of ether oxygens (including phenoxy) is 1. The van der Waals surface area contributed by atoms with Crippen LogP contribution in [0.15, 0.2) is 6.08 Å². The van der Waals surface area contributed by atoms with Crippen LogP contribution in [0.5, 0.6) is 0 Å². The van der Waals surface area contributed by atoms with E-state index in [0.717, 1.165) is 0 Å². The van der Waals surface area contributed by atoms with Gasteiger partial charge in [0.15, 0.2) is 8.32 Å². The van der Waals surface area contributed by atoms with Crippen LogP contribution in [0.3, 0.4) is 0 Å². The molecule has 1 atom stereocenters. The Morgan fingerprint density at radius 2 is 1.94 bits per heavy atom. The van der Waals surface area contributed by atoms with Gasteiger partial charge in [0.05, 0.1) is 19.6 Å². The van der Waals surface area contributed by atoms with Crippen molar-refractivity contribution in [2.24, 2.45) is 0 Å². The van der Waals surface area contributed by atoms with Crippen molar-refractivity contribution < 1.29 is 18.8 Å². The second kappa shape index (κ2) is 6.14. The van der Waals surface area contributed by atoms with Crippen molar-refractivity contribution >= 4 is 20.2 Å². The summed E-state index contributed by atoms with van der Waals surface area (Å²) in [6.07, 6.45) is 0.760. The maximum atomic E-state index is 11.2. The molecule has 0 saturated heterocycles. The minimum absolute atomic E-state index is 0.0259. The van der Waals surface area contributed by atoms with Crippen molar-refractivity contribution in [2.75, 3.05) is 7.11 Å². The molecule has 0 aliphatic rings. The topological polar surface area (TPSA) is 52.6 Å². The van der Waals surface area contributed by atoms with Crippen LogP contribution in [-0.2, 0) is 18.8 Å². The zero-order valence-corrected chi connectivity index (χ0v) is 12.5. The highest BCUT2D eigenvalue weighted by Gasteiger charge is 2.39. The quantitative estimate of drug-likeness (QED) is 0.431. The van der Waals surface area contributed by atoms with Crippen molar-refractivity contribution in [3.8, 4) is 0 Å². The molecule has 0 N–H and O–H groups in total. The summed E-state index contributed by atoms with van der Waals surface area (Å²) in [5.74, 6) is 1.30. The van der Waals surface area contributed by atoms with E-state index in [1.54, 1.807) is 5.94 Å². The van der Waals surface area contributed by atoms with Crippen molar-refractivity contribution in [2.45, 2.75) is 51.4 Å². The van der Waals surface area contributed by atoms with Gasteiger partial charge in [-0.3, -0.25) is 4.79 Å². The highest BCUT2D eigenvalue weighted by atomic mass is 28.4. The van der Waals surface area contributed by atoms with Gasteiger partial charge in [-0.25, -0.2) is 4.79 Å². The third-order valence-corrected chi connectivity index (χ3v) is 7.61. The zero-order valence-electron chi connectivity index (χ0n) is 11.5. The summed E-state index contributed by atoms with van der Waals surface area (Å²) in [7, 11) is -0.687. The first-order valence-electron chi connectivity index (χ1n) is 5.59. The van der Waals surface area contributed by atoms with E-state index >= 15 is 0 Å². The SMILES string of the molecule is COC(=O)C[C@H](C=C=O)O[Si](C)(C)C(C)(C)C. The Morgan fingerprint density at radius 3 is 2.29 bits per heavy atom. The molecule has 98 valence electrons. The van der Waals surface area contributed by atoms with E-state index in [4.69, 9.17) is 4.43 Å². The molecule has 0 radical (unpaired) electrons. The van der Waals surface area contributed by atoms with E-state index < -0.39 is 14.4 Å². The number of hydrogen-bond donors (Lipinski definition) is 0. The van der Waals surface area contributed by atoms with Crippen molar-refractivity contribution in [1.29, 1.82) is 0 Å². The molecule has 0 aromatic rings. The normalized spacial score (nSPS) is 13.8. The molecule has 0 heterocycles. The van der Waals surface area contributed by atoms with Gasteiger partial charge >= 0.3 is 5.97 Å². The van der Waals surface area contributed by atoms with Crippen LogP contribution in [-0.4, -0.2) is 33.4 Å². The number of carbonyl (C=O) groups excluding carboxylic acids is 2. The fourth-order valence-corrected chi connectivity index (χ4v) is 2.28. The lowest BCUT2D eigenvalue weighted by Gasteiger charge is -2.38. The fraction of sp³-hybridized carbons (Fsp3) is 0.750. The van der Waals surface area contributed by atoms with Crippen LogP contribution in [0.25, 0.3) is 0 Å². The van der Waals surface area contributed by atoms with Gasteiger partial charge in [0.1, 0.15) is 5.94 Å². The Kier molecular flexibility index (Phi) is 5.82. The summed E-state index contributed by atoms with van der Waals surface area (Å²) in [5, 5.41) is 0.0259. The molecule has 0 unspecified atom stereocenters. The molecule has 0 aliphatic heterocycles. The Hall–Kier alpha value is -0.903. The van der Waals surface area contributed by atoms with Crippen molar-refractivity contribution in [3.05, 3.63) is 6.08 Å². The first-order chi connectivity index (χ1) is 7.64. The predicted octanol–water partition coefficient (Wildman–Crippen LogP) is 2.33. The van der Waals surface area contributed by atoms with Gasteiger partial charge in [-0.1, -0.05) is 20.8 Å². The molecular formula is C12H22O4Si. The van der Waals surface area contributed by atoms with E-state index in [0.29, 0.717) is 0 Å². The number of methoxy groups -OCH3 is 1. The predicted molar refractivity (Wildman–Crippen MR) is 69.0 cm³/mol. The van der Waals surface area contributed by atoms with Crippen LogP contribution in [0.1, 0.15) is 27.2 Å². The Labute approximate surface area is 104 Å². The first kappa shape index (κ1) is 16.1. The van der Waals surface area contributed by atoms with Gasteiger partial charge in [-0.05, 0) is 18.1 Å². The summed E-state index contributed by atoms with van der Waals surface area (Å²) >= 11 is 0. The lowest BCUT2D eigenvalue weighted by atomic mass is 10.2. The lowest BCUT2D eigenvalue weighted by molar-refractivity contribution is -0.142. The molecule has 5 heteroatoms. The van der Waals surface area contributed by atoms with Gasteiger partial charge in [0.2, 0.25) is 0 Å². The molecule has 17 heavy (non-hydrogen) atoms. The molecule has 0 bridgehead atoms. The minimum Gasteiger partial charge on any atom is -0.469 e. The largest absolute Gasteiger partial charge is 0.469 e. The Morgan fingerprint density at radius 1 is 1.41 bits per heavy atom. The first-order valence-corrected chi connectivity index (χ1v) is 8.50. The summed E-state index contributed by atoms with van der Waals surface area (Å²) in [4.78, 5) is 21.6. The Bertz CT molecular complexity index is 311. The standard InChI is InChI=1S/C12H22O4Si/c1-12(2,3)17(5,6)16-10(7-8-13)9-11(14)15-4/h7,10H,9H2,1-6H3/t10-/m0/s1.